The SMILES string of the molecule is C#CNC(C=CCNC(C)=O)C(=O)O. The molecule has 0 rings (SSSR count). The second kappa shape index (κ2) is 6.54. The van der Waals surface area contributed by atoms with Gasteiger partial charge in [-0.05, 0) is 0 Å². The van der Waals surface area contributed by atoms with E-state index in [1.165, 1.54) is 19.1 Å². The first-order valence-corrected chi connectivity index (χ1v) is 3.93. The number of carboxylic acid groups (broad SMARTS) is 1. The molecule has 1 amide bonds. The number of carbonyl (C=O) groups excluding carboxylic acids is 1. The first-order valence-electron chi connectivity index (χ1n) is 3.93. The molecular weight excluding hydrogens is 184 g/mol. The lowest BCUT2D eigenvalue weighted by Crippen LogP contribution is -2.31. The van der Waals surface area contributed by atoms with Gasteiger partial charge in [-0.1, -0.05) is 18.6 Å². The van der Waals surface area contributed by atoms with E-state index in [4.69, 9.17) is 11.5 Å². The van der Waals surface area contributed by atoms with Gasteiger partial charge in [-0.2, -0.15) is 0 Å². The molecule has 0 heterocycles. The van der Waals surface area contributed by atoms with Crippen LogP contribution >= 0.6 is 0 Å². The molecular formula is C9H12N2O3. The summed E-state index contributed by atoms with van der Waals surface area (Å²) in [5, 5.41) is 13.4. The van der Waals surface area contributed by atoms with Crippen molar-refractivity contribution in [3.8, 4) is 12.5 Å². The number of aliphatic carboxylic acids is 1. The molecule has 0 aromatic carbocycles. The predicted molar refractivity (Wildman–Crippen MR) is 51.2 cm³/mol. The molecule has 3 N–H and O–H groups in total. The highest BCUT2D eigenvalue weighted by Crippen LogP contribution is 1.85. The summed E-state index contributed by atoms with van der Waals surface area (Å²) in [6.07, 6.45) is 7.78. The number of amides is 1. The Kier molecular flexibility index (Phi) is 5.63. The molecule has 0 radical (unpaired) electrons. The lowest BCUT2D eigenvalue weighted by molar-refractivity contribution is -0.137. The first-order chi connectivity index (χ1) is 6.57. The molecule has 76 valence electrons. The van der Waals surface area contributed by atoms with Gasteiger partial charge in [0.05, 0.1) is 0 Å². The van der Waals surface area contributed by atoms with Gasteiger partial charge in [-0.25, -0.2) is 4.79 Å². The third kappa shape index (κ3) is 5.66. The zero-order chi connectivity index (χ0) is 11.0. The van der Waals surface area contributed by atoms with E-state index in [1.54, 1.807) is 0 Å². The lowest BCUT2D eigenvalue weighted by Gasteiger charge is -2.04. The molecule has 0 aromatic rings. The van der Waals surface area contributed by atoms with Crippen LogP contribution in [0.3, 0.4) is 0 Å². The van der Waals surface area contributed by atoms with Gasteiger partial charge in [0.1, 0.15) is 6.04 Å². The molecule has 1 atom stereocenters. The van der Waals surface area contributed by atoms with Crippen molar-refractivity contribution in [3.05, 3.63) is 12.2 Å². The average Bonchev–Trinajstić information content (AvgIpc) is 2.09. The van der Waals surface area contributed by atoms with Crippen molar-refractivity contribution in [2.45, 2.75) is 13.0 Å². The zero-order valence-electron chi connectivity index (χ0n) is 7.78. The maximum atomic E-state index is 10.5. The van der Waals surface area contributed by atoms with Crippen molar-refractivity contribution in [3.63, 3.8) is 0 Å². The van der Waals surface area contributed by atoms with Crippen LogP contribution < -0.4 is 10.6 Å². The molecule has 0 fully saturated rings. The zero-order valence-corrected chi connectivity index (χ0v) is 7.78. The number of terminal acetylenes is 1. The van der Waals surface area contributed by atoms with Crippen molar-refractivity contribution in [2.75, 3.05) is 6.54 Å². The smallest absolute Gasteiger partial charge is 0.330 e. The van der Waals surface area contributed by atoms with Gasteiger partial charge in [0.15, 0.2) is 0 Å². The van der Waals surface area contributed by atoms with Crippen molar-refractivity contribution < 1.29 is 14.7 Å². The van der Waals surface area contributed by atoms with E-state index in [2.05, 4.69) is 10.6 Å². The first kappa shape index (κ1) is 12.0. The maximum absolute atomic E-state index is 10.5. The standard InChI is InChI=1S/C9H12N2O3/c1-3-10-8(9(13)14)5-4-6-11-7(2)12/h1,4-5,8,10H,6H2,2H3,(H,11,12)(H,13,14). The highest BCUT2D eigenvalue weighted by molar-refractivity contribution is 5.76. The molecule has 0 bridgehead atoms. The summed E-state index contributed by atoms with van der Waals surface area (Å²) in [7, 11) is 0. The molecule has 0 aliphatic carbocycles. The van der Waals surface area contributed by atoms with Crippen molar-refractivity contribution in [1.29, 1.82) is 0 Å². The van der Waals surface area contributed by atoms with Crippen molar-refractivity contribution >= 4 is 11.9 Å². The van der Waals surface area contributed by atoms with E-state index in [1.807, 2.05) is 6.04 Å². The Labute approximate surface area is 82.2 Å². The molecule has 5 heteroatoms. The predicted octanol–water partition coefficient (Wildman–Crippen LogP) is -0.688. The topological polar surface area (TPSA) is 78.4 Å². The molecule has 1 unspecified atom stereocenters. The van der Waals surface area contributed by atoms with Crippen LogP contribution in [0.25, 0.3) is 0 Å². The summed E-state index contributed by atoms with van der Waals surface area (Å²) in [4.78, 5) is 21.0. The summed E-state index contributed by atoms with van der Waals surface area (Å²) in [5.74, 6) is -1.24. The Morgan fingerprint density at radius 2 is 2.29 bits per heavy atom. The van der Waals surface area contributed by atoms with E-state index in [9.17, 15) is 9.59 Å². The minimum atomic E-state index is -1.07. The summed E-state index contributed by atoms with van der Waals surface area (Å²) in [5.41, 5.74) is 0. The monoisotopic (exact) mass is 196 g/mol. The molecule has 0 aliphatic heterocycles. The van der Waals surface area contributed by atoms with Crippen molar-refractivity contribution in [1.82, 2.24) is 10.6 Å². The minimum Gasteiger partial charge on any atom is -0.479 e. The Morgan fingerprint density at radius 1 is 1.64 bits per heavy atom. The van der Waals surface area contributed by atoms with Crippen LogP contribution in [0.1, 0.15) is 6.92 Å². The summed E-state index contributed by atoms with van der Waals surface area (Å²) in [6.45, 7) is 1.66. The Balaban J connectivity index is 3.97. The van der Waals surface area contributed by atoms with E-state index in [0.29, 0.717) is 0 Å². The van der Waals surface area contributed by atoms with Crippen LogP contribution in [0.15, 0.2) is 12.2 Å². The van der Waals surface area contributed by atoms with Gasteiger partial charge in [-0.3, -0.25) is 4.79 Å². The largest absolute Gasteiger partial charge is 0.479 e. The fourth-order valence-electron chi connectivity index (χ4n) is 0.689. The number of hydrogen-bond acceptors (Lipinski definition) is 3. The molecule has 0 aromatic heterocycles. The third-order valence-corrected chi connectivity index (χ3v) is 1.30. The van der Waals surface area contributed by atoms with Crippen LogP contribution in [0.2, 0.25) is 0 Å². The average molecular weight is 196 g/mol. The van der Waals surface area contributed by atoms with Crippen LogP contribution in [0, 0.1) is 12.5 Å². The van der Waals surface area contributed by atoms with Gasteiger partial charge in [0, 0.05) is 19.5 Å². The van der Waals surface area contributed by atoms with Gasteiger partial charge in [0.25, 0.3) is 0 Å². The quantitative estimate of drug-likeness (QED) is 0.309. The van der Waals surface area contributed by atoms with Crippen LogP contribution in [0.4, 0.5) is 0 Å². The van der Waals surface area contributed by atoms with Gasteiger partial charge < -0.3 is 15.7 Å². The number of carboxylic acids is 1. The van der Waals surface area contributed by atoms with Crippen LogP contribution in [-0.2, 0) is 9.59 Å². The number of nitrogens with one attached hydrogen (secondary N) is 2. The Bertz CT molecular complexity index is 278. The molecule has 0 saturated carbocycles. The summed E-state index contributed by atoms with van der Waals surface area (Å²) in [6, 6.07) is 1.11. The summed E-state index contributed by atoms with van der Waals surface area (Å²) >= 11 is 0. The number of carbonyl (C=O) groups is 2. The van der Waals surface area contributed by atoms with Gasteiger partial charge in [-0.15, -0.1) is 0 Å². The maximum Gasteiger partial charge on any atom is 0.330 e. The highest BCUT2D eigenvalue weighted by atomic mass is 16.4. The van der Waals surface area contributed by atoms with Crippen LogP contribution in [0.5, 0.6) is 0 Å². The van der Waals surface area contributed by atoms with E-state index >= 15 is 0 Å². The van der Waals surface area contributed by atoms with Crippen molar-refractivity contribution in [2.24, 2.45) is 0 Å². The molecule has 0 spiro atoms. The fraction of sp³-hybridized carbons (Fsp3) is 0.333. The molecule has 14 heavy (non-hydrogen) atoms. The molecule has 0 saturated heterocycles. The van der Waals surface area contributed by atoms with E-state index < -0.39 is 12.0 Å². The second-order valence-corrected chi connectivity index (χ2v) is 2.47. The second-order valence-electron chi connectivity index (χ2n) is 2.47. The van der Waals surface area contributed by atoms with E-state index in [0.717, 1.165) is 0 Å². The minimum absolute atomic E-state index is 0.175. The third-order valence-electron chi connectivity index (χ3n) is 1.30. The highest BCUT2D eigenvalue weighted by Gasteiger charge is 2.10. The number of rotatable bonds is 5. The lowest BCUT2D eigenvalue weighted by atomic mass is 10.2. The normalized spacial score (nSPS) is 11.7. The molecule has 0 aliphatic rings. The Hall–Kier alpha value is -1.96. The van der Waals surface area contributed by atoms with Gasteiger partial charge in [0.2, 0.25) is 5.91 Å². The summed E-state index contributed by atoms with van der Waals surface area (Å²) < 4.78 is 0. The fourth-order valence-corrected chi connectivity index (χ4v) is 0.689. The number of hydrogen-bond donors (Lipinski definition) is 3. The van der Waals surface area contributed by atoms with Gasteiger partial charge >= 0.3 is 5.97 Å². The molecule has 5 nitrogen and oxygen atoms in total. The Morgan fingerprint density at radius 3 is 2.71 bits per heavy atom. The van der Waals surface area contributed by atoms with Crippen LogP contribution in [-0.4, -0.2) is 29.6 Å². The van der Waals surface area contributed by atoms with E-state index in [-0.39, 0.29) is 12.5 Å².